The molecule has 2 aromatic heterocycles. The van der Waals surface area contributed by atoms with Gasteiger partial charge in [-0.15, -0.1) is 0 Å². The van der Waals surface area contributed by atoms with Crippen LogP contribution in [0.5, 0.6) is 0 Å². The molecule has 2 heterocycles. The Labute approximate surface area is 135 Å². The Kier molecular flexibility index (Phi) is 6.00. The lowest BCUT2D eigenvalue weighted by molar-refractivity contribution is 0.240. The quantitative estimate of drug-likeness (QED) is 0.768. The maximum Gasteiger partial charge on any atom is 0.314 e. The third-order valence-corrected chi connectivity index (χ3v) is 4.45. The van der Waals surface area contributed by atoms with Crippen molar-refractivity contribution in [3.8, 4) is 0 Å². The van der Waals surface area contributed by atoms with Gasteiger partial charge in [0.05, 0.1) is 5.69 Å². The van der Waals surface area contributed by atoms with Crippen molar-refractivity contribution in [2.75, 3.05) is 13.1 Å². The number of carbonyl (C=O) groups is 1. The fraction of sp³-hybridized carbons (Fsp3) is 0.500. The Hall–Kier alpha value is -1.82. The fourth-order valence-corrected chi connectivity index (χ4v) is 3.09. The molecule has 0 aliphatic heterocycles. The van der Waals surface area contributed by atoms with Crippen molar-refractivity contribution in [2.24, 2.45) is 0 Å². The van der Waals surface area contributed by atoms with Crippen LogP contribution < -0.4 is 10.6 Å². The largest absolute Gasteiger partial charge is 0.361 e. The Bertz CT molecular complexity index is 573. The topological polar surface area (TPSA) is 67.2 Å². The molecule has 0 radical (unpaired) electrons. The van der Waals surface area contributed by atoms with Crippen molar-refractivity contribution in [1.82, 2.24) is 15.8 Å². The Morgan fingerprint density at radius 1 is 1.41 bits per heavy atom. The van der Waals surface area contributed by atoms with Crippen LogP contribution in [0.2, 0.25) is 0 Å². The van der Waals surface area contributed by atoms with Crippen molar-refractivity contribution in [1.29, 1.82) is 0 Å². The van der Waals surface area contributed by atoms with Gasteiger partial charge in [0.25, 0.3) is 0 Å². The molecule has 0 saturated carbocycles. The summed E-state index contributed by atoms with van der Waals surface area (Å²) >= 11 is 1.68. The molecule has 2 rings (SSSR count). The summed E-state index contributed by atoms with van der Waals surface area (Å²) in [6.07, 6.45) is 1.74. The van der Waals surface area contributed by atoms with E-state index in [0.717, 1.165) is 29.9 Å². The predicted molar refractivity (Wildman–Crippen MR) is 88.4 cm³/mol. The summed E-state index contributed by atoms with van der Waals surface area (Å²) in [5, 5.41) is 13.9. The number of aromatic nitrogens is 1. The minimum atomic E-state index is -0.110. The van der Waals surface area contributed by atoms with E-state index in [1.807, 2.05) is 13.8 Å². The summed E-state index contributed by atoms with van der Waals surface area (Å²) in [4.78, 5) is 11.8. The van der Waals surface area contributed by atoms with Crippen molar-refractivity contribution >= 4 is 17.4 Å². The molecule has 0 fully saturated rings. The molecule has 120 valence electrons. The summed E-state index contributed by atoms with van der Waals surface area (Å²) in [6, 6.07) is 1.99. The molecule has 0 saturated heterocycles. The van der Waals surface area contributed by atoms with Gasteiger partial charge in [0.15, 0.2) is 0 Å². The number of carbonyl (C=O) groups excluding carboxylic acids is 1. The highest BCUT2D eigenvalue weighted by atomic mass is 32.1. The Morgan fingerprint density at radius 2 is 2.23 bits per heavy atom. The zero-order chi connectivity index (χ0) is 15.9. The molecule has 5 nitrogen and oxygen atoms in total. The lowest BCUT2D eigenvalue weighted by Crippen LogP contribution is -2.37. The first-order chi connectivity index (χ1) is 10.6. The average molecular weight is 321 g/mol. The first-order valence-corrected chi connectivity index (χ1v) is 8.47. The van der Waals surface area contributed by atoms with Crippen LogP contribution >= 0.6 is 11.3 Å². The van der Waals surface area contributed by atoms with Gasteiger partial charge in [0.1, 0.15) is 5.76 Å². The molecule has 2 aromatic rings. The third-order valence-electron chi connectivity index (χ3n) is 3.75. The van der Waals surface area contributed by atoms with E-state index in [1.165, 1.54) is 5.56 Å². The predicted octanol–water partition coefficient (Wildman–Crippen LogP) is 3.39. The standard InChI is InChI=1S/C16H23N3O2S/c1-11(14-6-8-22-10-14)9-18-16(20)17-7-4-5-15-12(2)19-21-13(15)3/h6,8,10-11H,4-5,7,9H2,1-3H3,(H2,17,18,20). The first kappa shape index (κ1) is 16.5. The van der Waals surface area contributed by atoms with E-state index in [4.69, 9.17) is 4.52 Å². The van der Waals surface area contributed by atoms with Crippen LogP contribution in [0.25, 0.3) is 0 Å². The second-order valence-electron chi connectivity index (χ2n) is 5.50. The van der Waals surface area contributed by atoms with Crippen molar-refractivity contribution in [2.45, 2.75) is 39.5 Å². The fourth-order valence-electron chi connectivity index (χ4n) is 2.31. The minimum Gasteiger partial charge on any atom is -0.361 e. The summed E-state index contributed by atoms with van der Waals surface area (Å²) in [5.41, 5.74) is 3.35. The lowest BCUT2D eigenvalue weighted by Gasteiger charge is -2.12. The van der Waals surface area contributed by atoms with Gasteiger partial charge in [-0.05, 0) is 55.0 Å². The van der Waals surface area contributed by atoms with Crippen LogP contribution in [0.15, 0.2) is 21.3 Å². The Morgan fingerprint density at radius 3 is 2.86 bits per heavy atom. The third kappa shape index (κ3) is 4.59. The highest BCUT2D eigenvalue weighted by Crippen LogP contribution is 2.17. The lowest BCUT2D eigenvalue weighted by atomic mass is 10.1. The number of aryl methyl sites for hydroxylation is 2. The SMILES string of the molecule is Cc1noc(C)c1CCCNC(=O)NCC(C)c1ccsc1. The number of hydrogen-bond acceptors (Lipinski definition) is 4. The van der Waals surface area contributed by atoms with Gasteiger partial charge in [-0.1, -0.05) is 12.1 Å². The number of hydrogen-bond donors (Lipinski definition) is 2. The van der Waals surface area contributed by atoms with Crippen molar-refractivity contribution in [3.63, 3.8) is 0 Å². The van der Waals surface area contributed by atoms with Crippen molar-refractivity contribution < 1.29 is 9.32 Å². The molecule has 22 heavy (non-hydrogen) atoms. The first-order valence-electron chi connectivity index (χ1n) is 7.53. The molecular weight excluding hydrogens is 298 g/mol. The minimum absolute atomic E-state index is 0.110. The summed E-state index contributed by atoms with van der Waals surface area (Å²) in [7, 11) is 0. The molecule has 2 amide bonds. The number of amides is 2. The summed E-state index contributed by atoms with van der Waals surface area (Å²) in [6.45, 7) is 7.26. The van der Waals surface area contributed by atoms with Crippen LogP contribution in [-0.2, 0) is 6.42 Å². The second-order valence-corrected chi connectivity index (χ2v) is 6.28. The Balaban J connectivity index is 1.62. The molecule has 0 bridgehead atoms. The maximum absolute atomic E-state index is 11.8. The van der Waals surface area contributed by atoms with Crippen LogP contribution in [0.4, 0.5) is 4.79 Å². The van der Waals surface area contributed by atoms with Crippen molar-refractivity contribution in [3.05, 3.63) is 39.4 Å². The molecule has 1 atom stereocenters. The van der Waals surface area contributed by atoms with Crippen LogP contribution in [0, 0.1) is 13.8 Å². The summed E-state index contributed by atoms with van der Waals surface area (Å²) in [5.74, 6) is 1.20. The van der Waals surface area contributed by atoms with E-state index >= 15 is 0 Å². The zero-order valence-corrected chi connectivity index (χ0v) is 14.1. The van der Waals surface area contributed by atoms with E-state index < -0.39 is 0 Å². The van der Waals surface area contributed by atoms with Crippen LogP contribution in [-0.4, -0.2) is 24.3 Å². The van der Waals surface area contributed by atoms with Crippen LogP contribution in [0.1, 0.15) is 41.8 Å². The van der Waals surface area contributed by atoms with E-state index in [-0.39, 0.29) is 6.03 Å². The number of rotatable bonds is 7. The molecule has 0 aliphatic carbocycles. The molecule has 0 aromatic carbocycles. The molecule has 6 heteroatoms. The second kappa shape index (κ2) is 7.98. The summed E-state index contributed by atoms with van der Waals surface area (Å²) < 4.78 is 5.12. The normalized spacial score (nSPS) is 12.1. The number of thiophene rings is 1. The molecule has 1 unspecified atom stereocenters. The molecule has 0 aliphatic rings. The number of nitrogens with one attached hydrogen (secondary N) is 2. The van der Waals surface area contributed by atoms with E-state index in [2.05, 4.69) is 39.5 Å². The van der Waals surface area contributed by atoms with Crippen LogP contribution in [0.3, 0.4) is 0 Å². The molecular formula is C16H23N3O2S. The zero-order valence-electron chi connectivity index (χ0n) is 13.3. The van der Waals surface area contributed by atoms with Gasteiger partial charge in [-0.2, -0.15) is 11.3 Å². The average Bonchev–Trinajstić information content (AvgIpc) is 3.13. The van der Waals surface area contributed by atoms with E-state index in [0.29, 0.717) is 19.0 Å². The highest BCUT2D eigenvalue weighted by molar-refractivity contribution is 7.07. The van der Waals surface area contributed by atoms with Gasteiger partial charge < -0.3 is 15.2 Å². The van der Waals surface area contributed by atoms with Gasteiger partial charge in [-0.25, -0.2) is 4.79 Å². The number of nitrogens with zero attached hydrogens (tertiary/aromatic N) is 1. The van der Waals surface area contributed by atoms with E-state index in [1.54, 1.807) is 11.3 Å². The van der Waals surface area contributed by atoms with Gasteiger partial charge >= 0.3 is 6.03 Å². The maximum atomic E-state index is 11.8. The van der Waals surface area contributed by atoms with Gasteiger partial charge in [0, 0.05) is 18.7 Å². The molecule has 2 N–H and O–H groups in total. The molecule has 0 spiro atoms. The highest BCUT2D eigenvalue weighted by Gasteiger charge is 2.09. The van der Waals surface area contributed by atoms with Gasteiger partial charge in [0.2, 0.25) is 0 Å². The number of urea groups is 1. The monoisotopic (exact) mass is 321 g/mol. The van der Waals surface area contributed by atoms with E-state index in [9.17, 15) is 4.79 Å². The smallest absolute Gasteiger partial charge is 0.314 e. The van der Waals surface area contributed by atoms with Gasteiger partial charge in [-0.3, -0.25) is 0 Å².